The fourth-order valence-corrected chi connectivity index (χ4v) is 2.06. The maximum Gasteiger partial charge on any atom is 0.227 e. The van der Waals surface area contributed by atoms with Gasteiger partial charge in [0.15, 0.2) is 0 Å². The summed E-state index contributed by atoms with van der Waals surface area (Å²) in [6, 6.07) is 4.18. The average molecular weight is 317 g/mol. The first-order valence-electron chi connectivity index (χ1n) is 7.05. The van der Waals surface area contributed by atoms with Gasteiger partial charge in [0.2, 0.25) is 5.91 Å². The summed E-state index contributed by atoms with van der Waals surface area (Å²) in [5, 5.41) is 5.99. The minimum atomic E-state index is -0.370. The molecule has 4 nitrogen and oxygen atoms in total. The van der Waals surface area contributed by atoms with Crippen molar-refractivity contribution < 1.29 is 13.9 Å². The lowest BCUT2D eigenvalue weighted by molar-refractivity contribution is -0.121. The number of rotatable bonds is 6. The van der Waals surface area contributed by atoms with Gasteiger partial charge in [0, 0.05) is 12.0 Å². The second kappa shape index (κ2) is 8.20. The van der Waals surface area contributed by atoms with Crippen LogP contribution in [0.25, 0.3) is 0 Å². The molecular weight excluding hydrogens is 295 g/mol. The van der Waals surface area contributed by atoms with Crippen LogP contribution >= 0.6 is 12.4 Å². The Bertz CT molecular complexity index is 481. The molecule has 1 aromatic rings. The average Bonchev–Trinajstić information content (AvgIpc) is 2.36. The molecule has 0 bridgehead atoms. The predicted octanol–water partition coefficient (Wildman–Crippen LogP) is 2.83. The topological polar surface area (TPSA) is 50.4 Å². The molecule has 2 N–H and O–H groups in total. The highest BCUT2D eigenvalue weighted by Gasteiger charge is 2.29. The summed E-state index contributed by atoms with van der Waals surface area (Å²) in [5.74, 6) is 0.268. The standard InChI is InChI=1S/C15H21FN2O2.ClH/c1-3-6-20-14-7-12(16)4-5-13(14)18-15(19)10(2)11-8-17-9-11;/h4-5,7,10-11,17H,3,6,8-9H2,1-2H3,(H,18,19);1H. The van der Waals surface area contributed by atoms with Gasteiger partial charge < -0.3 is 15.4 Å². The first kappa shape index (κ1) is 17.7. The SMILES string of the molecule is CCCOc1cc(F)ccc1NC(=O)C(C)C1CNC1.Cl. The molecule has 1 aliphatic rings. The number of anilines is 1. The third kappa shape index (κ3) is 4.58. The molecule has 0 aliphatic carbocycles. The van der Waals surface area contributed by atoms with Crippen LogP contribution in [0.15, 0.2) is 18.2 Å². The zero-order valence-electron chi connectivity index (χ0n) is 12.3. The Hall–Kier alpha value is -1.33. The normalized spacial score (nSPS) is 15.6. The summed E-state index contributed by atoms with van der Waals surface area (Å²) in [6.45, 7) is 6.13. The highest BCUT2D eigenvalue weighted by atomic mass is 35.5. The van der Waals surface area contributed by atoms with E-state index in [2.05, 4.69) is 10.6 Å². The zero-order valence-corrected chi connectivity index (χ0v) is 13.1. The molecule has 0 radical (unpaired) electrons. The van der Waals surface area contributed by atoms with Crippen molar-refractivity contribution >= 4 is 24.0 Å². The maximum atomic E-state index is 13.3. The van der Waals surface area contributed by atoms with Gasteiger partial charge in [-0.1, -0.05) is 13.8 Å². The van der Waals surface area contributed by atoms with Crippen LogP contribution in [0.3, 0.4) is 0 Å². The maximum absolute atomic E-state index is 13.3. The van der Waals surface area contributed by atoms with Crippen molar-refractivity contribution in [3.63, 3.8) is 0 Å². The van der Waals surface area contributed by atoms with Crippen molar-refractivity contribution in [3.05, 3.63) is 24.0 Å². The van der Waals surface area contributed by atoms with Gasteiger partial charge in [0.05, 0.1) is 12.3 Å². The Morgan fingerprint density at radius 2 is 2.24 bits per heavy atom. The van der Waals surface area contributed by atoms with Crippen molar-refractivity contribution in [1.82, 2.24) is 5.32 Å². The van der Waals surface area contributed by atoms with Gasteiger partial charge in [-0.15, -0.1) is 12.4 Å². The lowest BCUT2D eigenvalue weighted by Gasteiger charge is -2.31. The van der Waals surface area contributed by atoms with E-state index in [1.165, 1.54) is 12.1 Å². The molecule has 6 heteroatoms. The third-order valence-corrected chi connectivity index (χ3v) is 3.60. The molecule has 0 spiro atoms. The molecule has 1 aliphatic heterocycles. The molecule has 1 saturated heterocycles. The van der Waals surface area contributed by atoms with Crippen molar-refractivity contribution in [2.45, 2.75) is 20.3 Å². The molecule has 1 aromatic carbocycles. The van der Waals surface area contributed by atoms with E-state index in [0.29, 0.717) is 24.0 Å². The number of ether oxygens (including phenoxy) is 1. The Morgan fingerprint density at radius 3 is 2.81 bits per heavy atom. The molecule has 2 rings (SSSR count). The van der Waals surface area contributed by atoms with E-state index in [-0.39, 0.29) is 30.0 Å². The van der Waals surface area contributed by atoms with Gasteiger partial charge in [-0.2, -0.15) is 0 Å². The van der Waals surface area contributed by atoms with Crippen LogP contribution in [0.5, 0.6) is 5.75 Å². The zero-order chi connectivity index (χ0) is 14.5. The Kier molecular flexibility index (Phi) is 6.92. The molecule has 1 fully saturated rings. The van der Waals surface area contributed by atoms with Crippen molar-refractivity contribution in [3.8, 4) is 5.75 Å². The van der Waals surface area contributed by atoms with Gasteiger partial charge in [-0.05, 0) is 37.6 Å². The number of carbonyl (C=O) groups is 1. The number of halogens is 2. The number of benzene rings is 1. The molecule has 118 valence electrons. The summed E-state index contributed by atoms with van der Waals surface area (Å²) in [4.78, 5) is 12.2. The van der Waals surface area contributed by atoms with Crippen LogP contribution in [0.2, 0.25) is 0 Å². The van der Waals surface area contributed by atoms with Crippen LogP contribution in [-0.4, -0.2) is 25.6 Å². The minimum absolute atomic E-state index is 0. The molecule has 1 unspecified atom stereocenters. The van der Waals surface area contributed by atoms with Crippen LogP contribution < -0.4 is 15.4 Å². The van der Waals surface area contributed by atoms with E-state index in [9.17, 15) is 9.18 Å². The van der Waals surface area contributed by atoms with Crippen LogP contribution in [-0.2, 0) is 4.79 Å². The van der Waals surface area contributed by atoms with Crippen molar-refractivity contribution in [2.75, 3.05) is 25.0 Å². The lowest BCUT2D eigenvalue weighted by atomic mass is 9.88. The molecule has 21 heavy (non-hydrogen) atoms. The second-order valence-electron chi connectivity index (χ2n) is 5.19. The Balaban J connectivity index is 0.00000220. The van der Waals surface area contributed by atoms with E-state index in [1.54, 1.807) is 6.07 Å². The van der Waals surface area contributed by atoms with Gasteiger partial charge in [-0.25, -0.2) is 4.39 Å². The summed E-state index contributed by atoms with van der Waals surface area (Å²) in [6.07, 6.45) is 0.827. The number of hydrogen-bond acceptors (Lipinski definition) is 3. The number of hydrogen-bond donors (Lipinski definition) is 2. The second-order valence-corrected chi connectivity index (χ2v) is 5.19. The number of nitrogens with one attached hydrogen (secondary N) is 2. The van der Waals surface area contributed by atoms with Gasteiger partial charge in [0.1, 0.15) is 11.6 Å². The summed E-state index contributed by atoms with van der Waals surface area (Å²) >= 11 is 0. The number of carbonyl (C=O) groups excluding carboxylic acids is 1. The molecule has 0 aromatic heterocycles. The van der Waals surface area contributed by atoms with Crippen molar-refractivity contribution in [1.29, 1.82) is 0 Å². The van der Waals surface area contributed by atoms with Crippen LogP contribution in [0.1, 0.15) is 20.3 Å². The Morgan fingerprint density at radius 1 is 1.52 bits per heavy atom. The molecule has 1 atom stereocenters. The summed E-state index contributed by atoms with van der Waals surface area (Å²) in [5.41, 5.74) is 0.531. The fourth-order valence-electron chi connectivity index (χ4n) is 2.06. The van der Waals surface area contributed by atoms with E-state index in [1.807, 2.05) is 13.8 Å². The highest BCUT2D eigenvalue weighted by molar-refractivity contribution is 5.94. The largest absolute Gasteiger partial charge is 0.491 e. The molecule has 1 heterocycles. The summed E-state index contributed by atoms with van der Waals surface area (Å²) in [7, 11) is 0. The van der Waals surface area contributed by atoms with E-state index in [0.717, 1.165) is 19.5 Å². The predicted molar refractivity (Wildman–Crippen MR) is 83.6 cm³/mol. The minimum Gasteiger partial charge on any atom is -0.491 e. The third-order valence-electron chi connectivity index (χ3n) is 3.60. The van der Waals surface area contributed by atoms with Crippen LogP contribution in [0.4, 0.5) is 10.1 Å². The molecule has 1 amide bonds. The van der Waals surface area contributed by atoms with Crippen molar-refractivity contribution in [2.24, 2.45) is 11.8 Å². The van der Waals surface area contributed by atoms with E-state index < -0.39 is 0 Å². The van der Waals surface area contributed by atoms with Gasteiger partial charge >= 0.3 is 0 Å². The van der Waals surface area contributed by atoms with Gasteiger partial charge in [-0.3, -0.25) is 4.79 Å². The van der Waals surface area contributed by atoms with Crippen LogP contribution in [0, 0.1) is 17.7 Å². The molecule has 0 saturated carbocycles. The number of amides is 1. The fraction of sp³-hybridized carbons (Fsp3) is 0.533. The highest BCUT2D eigenvalue weighted by Crippen LogP contribution is 2.27. The van der Waals surface area contributed by atoms with E-state index >= 15 is 0 Å². The molecular formula is C15H22ClFN2O2. The first-order valence-corrected chi connectivity index (χ1v) is 7.05. The smallest absolute Gasteiger partial charge is 0.227 e. The van der Waals surface area contributed by atoms with Gasteiger partial charge in [0.25, 0.3) is 0 Å². The Labute approximate surface area is 130 Å². The van der Waals surface area contributed by atoms with E-state index in [4.69, 9.17) is 4.74 Å². The lowest BCUT2D eigenvalue weighted by Crippen LogP contribution is -2.48. The summed E-state index contributed by atoms with van der Waals surface area (Å²) < 4.78 is 18.7. The monoisotopic (exact) mass is 316 g/mol. The quantitative estimate of drug-likeness (QED) is 0.848. The first-order chi connectivity index (χ1) is 9.61.